The van der Waals surface area contributed by atoms with Gasteiger partial charge in [0.2, 0.25) is 5.91 Å². The predicted molar refractivity (Wildman–Crippen MR) is 95.0 cm³/mol. The fourth-order valence-electron chi connectivity index (χ4n) is 3.60. The zero-order valence-corrected chi connectivity index (χ0v) is 14.8. The van der Waals surface area contributed by atoms with Crippen LogP contribution in [0.2, 0.25) is 0 Å². The van der Waals surface area contributed by atoms with Crippen molar-refractivity contribution in [2.24, 2.45) is 0 Å². The van der Waals surface area contributed by atoms with Crippen molar-refractivity contribution in [3.05, 3.63) is 35.9 Å². The number of piperidine rings is 1. The van der Waals surface area contributed by atoms with Crippen LogP contribution in [-0.4, -0.2) is 67.6 Å². The van der Waals surface area contributed by atoms with E-state index in [9.17, 15) is 9.59 Å². The summed E-state index contributed by atoms with van der Waals surface area (Å²) in [4.78, 5) is 28.7. The van der Waals surface area contributed by atoms with E-state index in [4.69, 9.17) is 4.74 Å². The van der Waals surface area contributed by atoms with Gasteiger partial charge in [-0.3, -0.25) is 9.59 Å². The third-order valence-corrected chi connectivity index (χ3v) is 5.06. The molecule has 1 N–H and O–H groups in total. The van der Waals surface area contributed by atoms with Crippen molar-refractivity contribution in [2.45, 2.75) is 31.4 Å². The van der Waals surface area contributed by atoms with Gasteiger partial charge in [-0.1, -0.05) is 36.8 Å². The largest absolute Gasteiger partial charge is 0.356 e. The molecule has 1 aromatic rings. The predicted octanol–water partition coefficient (Wildman–Crippen LogP) is 1.19. The summed E-state index contributed by atoms with van der Waals surface area (Å²) >= 11 is 0. The van der Waals surface area contributed by atoms with Crippen LogP contribution in [0.4, 0.5) is 0 Å². The first-order chi connectivity index (χ1) is 12.2. The number of benzene rings is 1. The number of likely N-dealkylation sites (tertiary alicyclic amines) is 1. The van der Waals surface area contributed by atoms with Gasteiger partial charge >= 0.3 is 0 Å². The van der Waals surface area contributed by atoms with Gasteiger partial charge in [0.1, 0.15) is 6.61 Å². The third-order valence-electron chi connectivity index (χ3n) is 5.06. The molecule has 6 heteroatoms. The molecule has 0 radical (unpaired) electrons. The first-order valence-corrected chi connectivity index (χ1v) is 9.09. The molecule has 2 amide bonds. The quantitative estimate of drug-likeness (QED) is 0.871. The molecule has 2 aliphatic rings. The Morgan fingerprint density at radius 3 is 2.64 bits per heavy atom. The van der Waals surface area contributed by atoms with Crippen molar-refractivity contribution >= 4 is 11.8 Å². The van der Waals surface area contributed by atoms with Gasteiger partial charge in [-0.05, 0) is 31.5 Å². The maximum Gasteiger partial charge on any atom is 0.251 e. The Bertz CT molecular complexity index is 587. The van der Waals surface area contributed by atoms with Gasteiger partial charge in [-0.2, -0.15) is 0 Å². The highest BCUT2D eigenvalue weighted by molar-refractivity contribution is 5.86. The van der Waals surface area contributed by atoms with Crippen molar-refractivity contribution in [3.63, 3.8) is 0 Å². The van der Waals surface area contributed by atoms with E-state index < -0.39 is 12.1 Å². The monoisotopic (exact) mass is 345 g/mol. The molecular weight excluding hydrogens is 318 g/mol. The van der Waals surface area contributed by atoms with E-state index in [2.05, 4.69) is 10.2 Å². The molecule has 2 atom stereocenters. The van der Waals surface area contributed by atoms with Crippen LogP contribution in [-0.2, 0) is 14.3 Å². The number of carbonyl (C=O) groups excluding carboxylic acids is 2. The van der Waals surface area contributed by atoms with E-state index in [0.29, 0.717) is 6.54 Å². The number of nitrogens with one attached hydrogen (secondary N) is 1. The first-order valence-electron chi connectivity index (χ1n) is 9.09. The zero-order valence-electron chi connectivity index (χ0n) is 14.8. The molecule has 0 spiro atoms. The highest BCUT2D eigenvalue weighted by atomic mass is 16.5. The van der Waals surface area contributed by atoms with E-state index in [1.54, 1.807) is 11.9 Å². The van der Waals surface area contributed by atoms with E-state index in [0.717, 1.165) is 25.2 Å². The summed E-state index contributed by atoms with van der Waals surface area (Å²) in [5.74, 6) is -0.253. The molecule has 2 fully saturated rings. The number of rotatable bonds is 5. The fourth-order valence-corrected chi connectivity index (χ4v) is 3.60. The molecule has 0 bridgehead atoms. The molecule has 1 aromatic carbocycles. The van der Waals surface area contributed by atoms with Gasteiger partial charge in [-0.15, -0.1) is 0 Å². The van der Waals surface area contributed by atoms with Crippen LogP contribution in [0.3, 0.4) is 0 Å². The number of likely N-dealkylation sites (N-methyl/N-ethyl adjacent to an activating group) is 1. The Labute approximate surface area is 149 Å². The Kier molecular flexibility index (Phi) is 6.04. The number of amides is 2. The molecule has 0 unspecified atom stereocenters. The molecular formula is C19H27N3O3. The summed E-state index contributed by atoms with van der Waals surface area (Å²) in [6.45, 7) is 3.64. The van der Waals surface area contributed by atoms with Crippen molar-refractivity contribution in [2.75, 3.05) is 39.8 Å². The molecule has 2 heterocycles. The highest BCUT2D eigenvalue weighted by Gasteiger charge is 2.39. The number of nitrogens with zero attached hydrogens (tertiary/aromatic N) is 2. The van der Waals surface area contributed by atoms with E-state index in [1.165, 1.54) is 19.3 Å². The number of carbonyl (C=O) groups is 2. The van der Waals surface area contributed by atoms with E-state index in [-0.39, 0.29) is 18.4 Å². The Balaban J connectivity index is 1.61. The van der Waals surface area contributed by atoms with Crippen LogP contribution in [0.25, 0.3) is 0 Å². The lowest BCUT2D eigenvalue weighted by Crippen LogP contribution is -2.53. The molecule has 0 aromatic heterocycles. The van der Waals surface area contributed by atoms with Crippen LogP contribution in [0.1, 0.15) is 30.9 Å². The molecule has 2 saturated heterocycles. The van der Waals surface area contributed by atoms with Crippen molar-refractivity contribution < 1.29 is 14.3 Å². The van der Waals surface area contributed by atoms with E-state index in [1.807, 2.05) is 30.3 Å². The molecule has 0 saturated carbocycles. The lowest BCUT2D eigenvalue weighted by molar-refractivity contribution is -0.162. The number of hydrogen-bond donors (Lipinski definition) is 1. The van der Waals surface area contributed by atoms with Gasteiger partial charge in [0.05, 0.1) is 6.04 Å². The van der Waals surface area contributed by atoms with Crippen LogP contribution in [0.15, 0.2) is 30.3 Å². The smallest absolute Gasteiger partial charge is 0.251 e. The zero-order chi connectivity index (χ0) is 17.6. The Hall–Kier alpha value is -1.92. The van der Waals surface area contributed by atoms with Gasteiger partial charge in [0.25, 0.3) is 5.91 Å². The third kappa shape index (κ3) is 4.38. The minimum absolute atomic E-state index is 0.0515. The van der Waals surface area contributed by atoms with Crippen LogP contribution in [0.5, 0.6) is 0 Å². The number of ether oxygens (including phenoxy) is 1. The molecule has 3 rings (SSSR count). The SMILES string of the molecule is CN1C(=O)CO[C@@H](C(=O)NCCN2CCCCC2)[C@@H]1c1ccccc1. The summed E-state index contributed by atoms with van der Waals surface area (Å²) in [7, 11) is 1.73. The minimum atomic E-state index is -0.675. The molecule has 136 valence electrons. The minimum Gasteiger partial charge on any atom is -0.356 e. The van der Waals surface area contributed by atoms with Crippen LogP contribution < -0.4 is 5.32 Å². The maximum absolute atomic E-state index is 12.7. The van der Waals surface area contributed by atoms with Gasteiger partial charge in [-0.25, -0.2) is 0 Å². The van der Waals surface area contributed by atoms with Gasteiger partial charge < -0.3 is 19.9 Å². The fraction of sp³-hybridized carbons (Fsp3) is 0.579. The second kappa shape index (κ2) is 8.45. The summed E-state index contributed by atoms with van der Waals surface area (Å²) in [6, 6.07) is 9.20. The standard InChI is InChI=1S/C19H27N3O3/c1-21-16(23)14-25-18(17(21)15-8-4-2-5-9-15)19(24)20-10-13-22-11-6-3-7-12-22/h2,4-5,8-9,17-18H,3,6-7,10-14H2,1H3,(H,20,24)/t17-,18+/m0/s1. The number of hydrogen-bond acceptors (Lipinski definition) is 4. The Morgan fingerprint density at radius 2 is 1.92 bits per heavy atom. The summed E-state index contributed by atoms with van der Waals surface area (Å²) in [6.07, 6.45) is 3.11. The lowest BCUT2D eigenvalue weighted by Gasteiger charge is -2.38. The van der Waals surface area contributed by atoms with Gasteiger partial charge in [0.15, 0.2) is 6.10 Å². The lowest BCUT2D eigenvalue weighted by atomic mass is 9.97. The normalized spacial score (nSPS) is 25.0. The molecule has 25 heavy (non-hydrogen) atoms. The summed E-state index contributed by atoms with van der Waals surface area (Å²) in [5, 5.41) is 2.99. The average Bonchev–Trinajstić information content (AvgIpc) is 2.65. The average molecular weight is 345 g/mol. The molecule has 0 aliphatic carbocycles. The van der Waals surface area contributed by atoms with E-state index >= 15 is 0 Å². The number of morpholine rings is 1. The summed E-state index contributed by atoms with van der Waals surface area (Å²) in [5.41, 5.74) is 0.911. The summed E-state index contributed by atoms with van der Waals surface area (Å²) < 4.78 is 5.62. The Morgan fingerprint density at radius 1 is 1.20 bits per heavy atom. The van der Waals surface area contributed by atoms with Gasteiger partial charge in [0, 0.05) is 20.1 Å². The second-order valence-electron chi connectivity index (χ2n) is 6.79. The molecule has 2 aliphatic heterocycles. The first kappa shape index (κ1) is 17.9. The second-order valence-corrected chi connectivity index (χ2v) is 6.79. The van der Waals surface area contributed by atoms with Crippen molar-refractivity contribution in [3.8, 4) is 0 Å². The maximum atomic E-state index is 12.7. The van der Waals surface area contributed by atoms with Crippen molar-refractivity contribution in [1.82, 2.24) is 15.1 Å². The highest BCUT2D eigenvalue weighted by Crippen LogP contribution is 2.29. The van der Waals surface area contributed by atoms with Crippen LogP contribution >= 0.6 is 0 Å². The van der Waals surface area contributed by atoms with Crippen LogP contribution in [0, 0.1) is 0 Å². The molecule has 6 nitrogen and oxygen atoms in total. The topological polar surface area (TPSA) is 61.9 Å². The van der Waals surface area contributed by atoms with Crippen molar-refractivity contribution in [1.29, 1.82) is 0 Å².